The van der Waals surface area contributed by atoms with Gasteiger partial charge in [0.1, 0.15) is 5.75 Å². The highest BCUT2D eigenvalue weighted by Crippen LogP contribution is 2.33. The Balaban J connectivity index is 1.89. The maximum absolute atomic E-state index is 12.2. The van der Waals surface area contributed by atoms with Crippen LogP contribution in [-0.2, 0) is 9.53 Å². The first kappa shape index (κ1) is 19.3. The van der Waals surface area contributed by atoms with Crippen LogP contribution in [0.1, 0.15) is 18.1 Å². The van der Waals surface area contributed by atoms with E-state index in [4.69, 9.17) is 14.2 Å². The second-order valence-corrected chi connectivity index (χ2v) is 5.55. The van der Waals surface area contributed by atoms with Gasteiger partial charge >= 0.3 is 12.6 Å². The normalized spacial score (nSPS) is 14.8. The zero-order valence-electron chi connectivity index (χ0n) is 15.1. The zero-order valence-corrected chi connectivity index (χ0v) is 15.1. The van der Waals surface area contributed by atoms with Crippen LogP contribution >= 0.6 is 0 Å². The van der Waals surface area contributed by atoms with Crippen molar-refractivity contribution in [2.45, 2.75) is 13.5 Å². The molecule has 0 radical (unpaired) electrons. The Kier molecular flexibility index (Phi) is 5.88. The maximum Gasteiger partial charge on any atom is 0.387 e. The molecule has 28 heavy (non-hydrogen) atoms. The van der Waals surface area contributed by atoms with Crippen LogP contribution in [0.5, 0.6) is 17.2 Å². The van der Waals surface area contributed by atoms with E-state index in [1.807, 2.05) is 6.92 Å². The number of nitrogens with zero attached hydrogens (tertiary/aromatic N) is 1. The van der Waals surface area contributed by atoms with Gasteiger partial charge in [-0.2, -0.15) is 8.78 Å². The molecule has 1 aliphatic rings. The fraction of sp³-hybridized carbons (Fsp3) is 0.200. The van der Waals surface area contributed by atoms with Crippen LogP contribution in [0.4, 0.5) is 8.78 Å². The molecule has 2 aromatic carbocycles. The Morgan fingerprint density at radius 3 is 2.57 bits per heavy atom. The first-order chi connectivity index (χ1) is 13.5. The number of cyclic esters (lactones) is 1. The van der Waals surface area contributed by atoms with Crippen molar-refractivity contribution in [3.63, 3.8) is 0 Å². The number of alkyl halides is 2. The molecule has 146 valence electrons. The summed E-state index contributed by atoms with van der Waals surface area (Å²) in [5.41, 5.74) is 1.13. The lowest BCUT2D eigenvalue weighted by Crippen LogP contribution is -2.06. The predicted molar refractivity (Wildman–Crippen MR) is 97.8 cm³/mol. The van der Waals surface area contributed by atoms with Crippen LogP contribution in [0.25, 0.3) is 6.08 Å². The van der Waals surface area contributed by atoms with Crippen LogP contribution in [0.15, 0.2) is 53.2 Å². The zero-order chi connectivity index (χ0) is 20.1. The molecule has 8 heteroatoms. The average molecular weight is 389 g/mol. The van der Waals surface area contributed by atoms with Gasteiger partial charge in [0, 0.05) is 11.1 Å². The first-order valence-corrected chi connectivity index (χ1v) is 8.39. The lowest BCUT2D eigenvalue weighted by molar-refractivity contribution is -0.129. The molecule has 1 aliphatic heterocycles. The quantitative estimate of drug-likeness (QED) is 0.528. The Hall–Kier alpha value is -3.42. The van der Waals surface area contributed by atoms with Gasteiger partial charge in [-0.05, 0) is 43.3 Å². The van der Waals surface area contributed by atoms with Crippen LogP contribution < -0.4 is 14.2 Å². The number of carbonyl (C=O) groups excluding carboxylic acids is 1. The molecule has 0 spiro atoms. The number of ether oxygens (including phenoxy) is 4. The van der Waals surface area contributed by atoms with E-state index in [1.165, 1.54) is 37.5 Å². The highest BCUT2D eigenvalue weighted by Gasteiger charge is 2.25. The molecule has 2 aromatic rings. The van der Waals surface area contributed by atoms with E-state index in [1.54, 1.807) is 18.2 Å². The SMILES string of the molecule is CCOc1cccc(/C=C2\N=C(c3ccc(OC(F)F)cc3)OC2=O)c1OC. The summed E-state index contributed by atoms with van der Waals surface area (Å²) in [5.74, 6) is 0.454. The van der Waals surface area contributed by atoms with Gasteiger partial charge in [-0.3, -0.25) is 0 Å². The number of esters is 1. The van der Waals surface area contributed by atoms with E-state index < -0.39 is 12.6 Å². The van der Waals surface area contributed by atoms with Crippen LogP contribution in [0.2, 0.25) is 0 Å². The highest BCUT2D eigenvalue weighted by molar-refractivity contribution is 6.13. The summed E-state index contributed by atoms with van der Waals surface area (Å²) in [5, 5.41) is 0. The van der Waals surface area contributed by atoms with Gasteiger partial charge in [0.25, 0.3) is 0 Å². The second kappa shape index (κ2) is 8.51. The highest BCUT2D eigenvalue weighted by atomic mass is 19.3. The number of para-hydroxylation sites is 1. The number of halogens is 2. The molecule has 0 fully saturated rings. The van der Waals surface area contributed by atoms with E-state index in [2.05, 4.69) is 9.73 Å². The number of aliphatic imine (C=N–C) groups is 1. The number of benzene rings is 2. The monoisotopic (exact) mass is 389 g/mol. The first-order valence-electron chi connectivity index (χ1n) is 8.39. The summed E-state index contributed by atoms with van der Waals surface area (Å²) in [4.78, 5) is 16.4. The summed E-state index contributed by atoms with van der Waals surface area (Å²) in [6.45, 7) is -0.594. The van der Waals surface area contributed by atoms with Gasteiger partial charge in [-0.1, -0.05) is 12.1 Å². The molecule has 0 N–H and O–H groups in total. The molecular weight excluding hydrogens is 372 g/mol. The molecule has 3 rings (SSSR count). The number of hydrogen-bond donors (Lipinski definition) is 0. The number of methoxy groups -OCH3 is 1. The third-order valence-electron chi connectivity index (χ3n) is 3.75. The predicted octanol–water partition coefficient (Wildman–Crippen LogP) is 4.04. The second-order valence-electron chi connectivity index (χ2n) is 5.55. The van der Waals surface area contributed by atoms with Crippen LogP contribution in [-0.4, -0.2) is 32.2 Å². The van der Waals surface area contributed by atoms with Crippen molar-refractivity contribution >= 4 is 17.9 Å². The third kappa shape index (κ3) is 4.28. The molecule has 0 bridgehead atoms. The summed E-state index contributed by atoms with van der Waals surface area (Å²) in [7, 11) is 1.50. The summed E-state index contributed by atoms with van der Waals surface area (Å²) < 4.78 is 44.8. The molecule has 0 saturated heterocycles. The van der Waals surface area contributed by atoms with E-state index in [9.17, 15) is 13.6 Å². The largest absolute Gasteiger partial charge is 0.492 e. The lowest BCUT2D eigenvalue weighted by Gasteiger charge is -2.11. The fourth-order valence-electron chi connectivity index (χ4n) is 2.59. The Morgan fingerprint density at radius 2 is 1.93 bits per heavy atom. The summed E-state index contributed by atoms with van der Waals surface area (Å²) >= 11 is 0. The van der Waals surface area contributed by atoms with Gasteiger partial charge in [0.2, 0.25) is 5.90 Å². The molecule has 0 aliphatic carbocycles. The van der Waals surface area contributed by atoms with Crippen molar-refractivity contribution in [1.82, 2.24) is 0 Å². The van der Waals surface area contributed by atoms with Gasteiger partial charge in [0.15, 0.2) is 17.2 Å². The molecule has 0 unspecified atom stereocenters. The summed E-state index contributed by atoms with van der Waals surface area (Å²) in [6.07, 6.45) is 1.53. The minimum Gasteiger partial charge on any atom is -0.492 e. The number of hydrogen-bond acceptors (Lipinski definition) is 6. The topological polar surface area (TPSA) is 66.3 Å². The Labute approximate surface area is 160 Å². The third-order valence-corrected chi connectivity index (χ3v) is 3.75. The number of carbonyl (C=O) groups is 1. The van der Waals surface area contributed by atoms with Crippen molar-refractivity contribution in [2.24, 2.45) is 4.99 Å². The minimum absolute atomic E-state index is 0.00286. The minimum atomic E-state index is -2.91. The molecule has 0 atom stereocenters. The van der Waals surface area contributed by atoms with Gasteiger partial charge in [0.05, 0.1) is 13.7 Å². The van der Waals surface area contributed by atoms with Crippen molar-refractivity contribution in [3.8, 4) is 17.2 Å². The molecule has 6 nitrogen and oxygen atoms in total. The van der Waals surface area contributed by atoms with Crippen molar-refractivity contribution in [2.75, 3.05) is 13.7 Å². The summed E-state index contributed by atoms with van der Waals surface area (Å²) in [6, 6.07) is 10.9. The molecular formula is C20H17F2NO5. The number of rotatable bonds is 7. The Bertz CT molecular complexity index is 923. The molecule has 0 amide bonds. The van der Waals surface area contributed by atoms with E-state index in [-0.39, 0.29) is 17.3 Å². The van der Waals surface area contributed by atoms with Crippen molar-refractivity contribution in [1.29, 1.82) is 0 Å². The van der Waals surface area contributed by atoms with Crippen molar-refractivity contribution in [3.05, 3.63) is 59.3 Å². The molecule has 0 saturated carbocycles. The standard InChI is InChI=1S/C20H17F2NO5/c1-3-26-16-6-4-5-13(17(16)25-2)11-15-19(24)28-18(23-15)12-7-9-14(10-8-12)27-20(21)22/h4-11,20H,3H2,1-2H3/b15-11-. The smallest absolute Gasteiger partial charge is 0.387 e. The lowest BCUT2D eigenvalue weighted by atomic mass is 10.1. The van der Waals surface area contributed by atoms with Crippen molar-refractivity contribution < 1.29 is 32.5 Å². The van der Waals surface area contributed by atoms with Crippen LogP contribution in [0, 0.1) is 0 Å². The van der Waals surface area contributed by atoms with E-state index >= 15 is 0 Å². The fourth-order valence-corrected chi connectivity index (χ4v) is 2.59. The van der Waals surface area contributed by atoms with Gasteiger partial charge in [-0.25, -0.2) is 9.79 Å². The van der Waals surface area contributed by atoms with E-state index in [0.717, 1.165) is 0 Å². The average Bonchev–Trinajstić information content (AvgIpc) is 3.03. The Morgan fingerprint density at radius 1 is 1.18 bits per heavy atom. The van der Waals surface area contributed by atoms with Gasteiger partial charge in [-0.15, -0.1) is 0 Å². The molecule has 1 heterocycles. The van der Waals surface area contributed by atoms with Crippen LogP contribution in [0.3, 0.4) is 0 Å². The maximum atomic E-state index is 12.2. The van der Waals surface area contributed by atoms with E-state index in [0.29, 0.717) is 29.2 Å². The van der Waals surface area contributed by atoms with Gasteiger partial charge < -0.3 is 18.9 Å². The molecule has 0 aromatic heterocycles.